The van der Waals surface area contributed by atoms with E-state index in [1.807, 2.05) is 6.07 Å². The molecular formula is C23H20BrF3N2O4. The number of piperazine rings is 1. The Labute approximate surface area is 196 Å². The predicted molar refractivity (Wildman–Crippen MR) is 118 cm³/mol. The van der Waals surface area contributed by atoms with Crippen LogP contribution in [0.4, 0.5) is 18.9 Å². The molecule has 1 aromatic heterocycles. The summed E-state index contributed by atoms with van der Waals surface area (Å²) < 4.78 is 52.7. The zero-order valence-corrected chi connectivity index (χ0v) is 18.9. The fourth-order valence-corrected chi connectivity index (χ4v) is 4.09. The molecular weight excluding hydrogens is 505 g/mol. The van der Waals surface area contributed by atoms with Crippen molar-refractivity contribution in [2.45, 2.75) is 12.9 Å². The van der Waals surface area contributed by atoms with Crippen LogP contribution in [-0.4, -0.2) is 43.4 Å². The number of ether oxygens (including phenoxy) is 2. The van der Waals surface area contributed by atoms with Gasteiger partial charge >= 0.3 is 12.3 Å². The molecule has 1 aliphatic rings. The summed E-state index contributed by atoms with van der Waals surface area (Å²) in [6.45, 7) is 3.35. The summed E-state index contributed by atoms with van der Waals surface area (Å²) in [5, 5.41) is 0. The Bertz CT molecular complexity index is 1100. The second-order valence-corrected chi connectivity index (χ2v) is 8.29. The molecule has 0 spiro atoms. The lowest BCUT2D eigenvalue weighted by molar-refractivity contribution is -0.274. The standard InChI is InChI=1S/C23H20BrF3N2O4/c24-19-7-6-17(32-22(30)21-5-2-12-31-21)14-20(19)29-10-8-28(9-11-29)15-16-3-1-4-18(13-16)33-23(25,26)27/h1-7,12-14H,8-11,15H2. The van der Waals surface area contributed by atoms with Gasteiger partial charge in [-0.1, -0.05) is 12.1 Å². The highest BCUT2D eigenvalue weighted by molar-refractivity contribution is 9.10. The fourth-order valence-electron chi connectivity index (χ4n) is 3.60. The molecule has 1 fully saturated rings. The first-order valence-corrected chi connectivity index (χ1v) is 10.9. The Hall–Kier alpha value is -2.98. The van der Waals surface area contributed by atoms with Crippen LogP contribution in [0.25, 0.3) is 0 Å². The van der Waals surface area contributed by atoms with Crippen molar-refractivity contribution in [3.8, 4) is 11.5 Å². The first kappa shape index (κ1) is 23.2. The van der Waals surface area contributed by atoms with E-state index in [0.717, 1.165) is 15.7 Å². The van der Waals surface area contributed by atoms with E-state index in [-0.39, 0.29) is 11.5 Å². The molecule has 4 rings (SSSR count). The number of carbonyl (C=O) groups excluding carboxylic acids is 1. The third-order valence-corrected chi connectivity index (χ3v) is 5.77. The SMILES string of the molecule is O=C(Oc1ccc(Br)c(N2CCN(Cc3cccc(OC(F)(F)F)c3)CC2)c1)c1ccco1. The number of esters is 1. The van der Waals surface area contributed by atoms with E-state index in [9.17, 15) is 18.0 Å². The molecule has 10 heteroatoms. The highest BCUT2D eigenvalue weighted by Crippen LogP contribution is 2.32. The topological polar surface area (TPSA) is 55.2 Å². The largest absolute Gasteiger partial charge is 0.573 e. The number of carbonyl (C=O) groups is 1. The normalized spacial score (nSPS) is 14.8. The smallest absolute Gasteiger partial charge is 0.457 e. The maximum Gasteiger partial charge on any atom is 0.573 e. The Balaban J connectivity index is 1.36. The van der Waals surface area contributed by atoms with Crippen LogP contribution in [0.15, 0.2) is 69.8 Å². The number of halogens is 4. The molecule has 3 aromatic rings. The molecule has 33 heavy (non-hydrogen) atoms. The van der Waals surface area contributed by atoms with Gasteiger partial charge in [-0.2, -0.15) is 0 Å². The van der Waals surface area contributed by atoms with Gasteiger partial charge in [-0.15, -0.1) is 13.2 Å². The van der Waals surface area contributed by atoms with Gasteiger partial charge in [-0.3, -0.25) is 4.90 Å². The molecule has 0 radical (unpaired) electrons. The van der Waals surface area contributed by atoms with E-state index in [2.05, 4.69) is 30.5 Å². The minimum absolute atomic E-state index is 0.123. The molecule has 1 aliphatic heterocycles. The average molecular weight is 525 g/mol. The minimum atomic E-state index is -4.71. The maximum atomic E-state index is 12.5. The number of hydrogen-bond acceptors (Lipinski definition) is 6. The summed E-state index contributed by atoms with van der Waals surface area (Å²) in [6.07, 6.45) is -3.30. The van der Waals surface area contributed by atoms with Gasteiger partial charge in [0.15, 0.2) is 0 Å². The quantitative estimate of drug-likeness (QED) is 0.314. The number of furan rings is 1. The van der Waals surface area contributed by atoms with E-state index in [1.165, 1.54) is 24.5 Å². The molecule has 0 aliphatic carbocycles. The molecule has 2 heterocycles. The van der Waals surface area contributed by atoms with Gasteiger partial charge in [0.2, 0.25) is 5.76 Å². The van der Waals surface area contributed by atoms with Gasteiger partial charge in [0.1, 0.15) is 11.5 Å². The lowest BCUT2D eigenvalue weighted by Gasteiger charge is -2.36. The first-order valence-electron chi connectivity index (χ1n) is 10.1. The summed E-state index contributed by atoms with van der Waals surface area (Å²) in [6, 6.07) is 14.5. The number of alkyl halides is 3. The average Bonchev–Trinajstić information content (AvgIpc) is 3.30. The van der Waals surface area contributed by atoms with E-state index in [4.69, 9.17) is 9.15 Å². The summed E-state index contributed by atoms with van der Waals surface area (Å²) in [4.78, 5) is 16.5. The van der Waals surface area contributed by atoms with Gasteiger partial charge in [-0.05, 0) is 57.9 Å². The molecule has 0 bridgehead atoms. The van der Waals surface area contributed by atoms with Crippen molar-refractivity contribution >= 4 is 27.6 Å². The van der Waals surface area contributed by atoms with Crippen molar-refractivity contribution in [1.29, 1.82) is 0 Å². The van der Waals surface area contributed by atoms with Crippen LogP contribution in [0.2, 0.25) is 0 Å². The van der Waals surface area contributed by atoms with Crippen LogP contribution in [0.1, 0.15) is 16.1 Å². The number of hydrogen-bond donors (Lipinski definition) is 0. The van der Waals surface area contributed by atoms with E-state index in [1.54, 1.807) is 30.3 Å². The molecule has 0 saturated carbocycles. The Morgan fingerprint density at radius 1 is 1.00 bits per heavy atom. The summed E-state index contributed by atoms with van der Waals surface area (Å²) in [7, 11) is 0. The molecule has 0 N–H and O–H groups in total. The lowest BCUT2D eigenvalue weighted by atomic mass is 10.1. The van der Waals surface area contributed by atoms with Crippen LogP contribution >= 0.6 is 15.9 Å². The fraction of sp³-hybridized carbons (Fsp3) is 0.261. The molecule has 0 unspecified atom stereocenters. The Morgan fingerprint density at radius 2 is 1.79 bits per heavy atom. The van der Waals surface area contributed by atoms with Crippen LogP contribution in [0.5, 0.6) is 11.5 Å². The second kappa shape index (κ2) is 9.88. The van der Waals surface area contributed by atoms with Crippen LogP contribution in [0.3, 0.4) is 0 Å². The molecule has 6 nitrogen and oxygen atoms in total. The van der Waals surface area contributed by atoms with Crippen molar-refractivity contribution in [3.63, 3.8) is 0 Å². The summed E-state index contributed by atoms with van der Waals surface area (Å²) >= 11 is 3.55. The second-order valence-electron chi connectivity index (χ2n) is 7.44. The number of rotatable bonds is 6. The van der Waals surface area contributed by atoms with Gasteiger partial charge in [-0.25, -0.2) is 4.79 Å². The van der Waals surface area contributed by atoms with E-state index >= 15 is 0 Å². The van der Waals surface area contributed by atoms with Crippen molar-refractivity contribution in [2.75, 3.05) is 31.1 Å². The highest BCUT2D eigenvalue weighted by atomic mass is 79.9. The van der Waals surface area contributed by atoms with Crippen LogP contribution in [-0.2, 0) is 6.54 Å². The number of anilines is 1. The number of benzene rings is 2. The van der Waals surface area contributed by atoms with E-state index in [0.29, 0.717) is 38.5 Å². The van der Waals surface area contributed by atoms with Crippen LogP contribution < -0.4 is 14.4 Å². The van der Waals surface area contributed by atoms with Crippen molar-refractivity contribution in [1.82, 2.24) is 4.90 Å². The van der Waals surface area contributed by atoms with Crippen molar-refractivity contribution in [2.24, 2.45) is 0 Å². The van der Waals surface area contributed by atoms with Gasteiger partial charge in [0.25, 0.3) is 0 Å². The van der Waals surface area contributed by atoms with E-state index < -0.39 is 12.3 Å². The maximum absolute atomic E-state index is 12.5. The molecule has 0 atom stereocenters. The third kappa shape index (κ3) is 6.29. The zero-order chi connectivity index (χ0) is 23.4. The van der Waals surface area contributed by atoms with Gasteiger partial charge in [0.05, 0.1) is 12.0 Å². The summed E-state index contributed by atoms with van der Waals surface area (Å²) in [5.74, 6) is -0.269. The molecule has 2 aromatic carbocycles. The van der Waals surface area contributed by atoms with Gasteiger partial charge in [0, 0.05) is 43.3 Å². The Morgan fingerprint density at radius 3 is 2.48 bits per heavy atom. The Kier molecular flexibility index (Phi) is 6.94. The predicted octanol–water partition coefficient (Wildman–Crippen LogP) is 5.48. The zero-order valence-electron chi connectivity index (χ0n) is 17.3. The monoisotopic (exact) mass is 524 g/mol. The molecule has 0 amide bonds. The first-order chi connectivity index (χ1) is 15.8. The number of nitrogens with zero attached hydrogens (tertiary/aromatic N) is 2. The minimum Gasteiger partial charge on any atom is -0.457 e. The highest BCUT2D eigenvalue weighted by Gasteiger charge is 2.31. The molecule has 1 saturated heterocycles. The van der Waals surface area contributed by atoms with Gasteiger partial charge < -0.3 is 18.8 Å². The third-order valence-electron chi connectivity index (χ3n) is 5.10. The lowest BCUT2D eigenvalue weighted by Crippen LogP contribution is -2.46. The van der Waals surface area contributed by atoms with Crippen molar-refractivity contribution < 1.29 is 31.9 Å². The summed E-state index contributed by atoms with van der Waals surface area (Å²) in [5.41, 5.74) is 1.64. The van der Waals surface area contributed by atoms with Crippen LogP contribution in [0, 0.1) is 0 Å². The molecule has 174 valence electrons. The van der Waals surface area contributed by atoms with Crippen molar-refractivity contribution in [3.05, 3.63) is 76.7 Å².